The Morgan fingerprint density at radius 1 is 1.20 bits per heavy atom. The van der Waals surface area contributed by atoms with E-state index in [0.29, 0.717) is 6.04 Å². The molecule has 2 saturated heterocycles. The molecule has 2 aliphatic rings. The normalized spacial score (nSPS) is 22.4. The highest BCUT2D eigenvalue weighted by Gasteiger charge is 2.23. The highest BCUT2D eigenvalue weighted by molar-refractivity contribution is 7.15. The first kappa shape index (κ1) is 17.0. The maximum Gasteiger partial charge on any atom is 0.185 e. The Bertz CT molecular complexity index is 638. The van der Waals surface area contributed by atoms with Crippen molar-refractivity contribution < 1.29 is 4.74 Å². The Balaban J connectivity index is 1.35. The second-order valence-electron chi connectivity index (χ2n) is 6.89. The fourth-order valence-electron chi connectivity index (χ4n) is 3.78. The smallest absolute Gasteiger partial charge is 0.185 e. The number of aromatic nitrogens is 3. The van der Waals surface area contributed by atoms with E-state index in [1.165, 1.54) is 37.1 Å². The van der Waals surface area contributed by atoms with E-state index >= 15 is 0 Å². The van der Waals surface area contributed by atoms with Gasteiger partial charge >= 0.3 is 0 Å². The van der Waals surface area contributed by atoms with Crippen LogP contribution in [-0.2, 0) is 17.8 Å². The number of rotatable bonds is 6. The van der Waals surface area contributed by atoms with Crippen molar-refractivity contribution in [2.24, 2.45) is 0 Å². The van der Waals surface area contributed by atoms with Crippen LogP contribution in [0.3, 0.4) is 0 Å². The van der Waals surface area contributed by atoms with Crippen molar-refractivity contribution >= 4 is 16.5 Å². The van der Waals surface area contributed by atoms with E-state index in [4.69, 9.17) is 4.74 Å². The van der Waals surface area contributed by atoms with Crippen LogP contribution in [-0.4, -0.2) is 58.6 Å². The fraction of sp³-hybridized carbons (Fsp3) is 0.667. The van der Waals surface area contributed by atoms with Gasteiger partial charge in [0.1, 0.15) is 0 Å². The van der Waals surface area contributed by atoms with E-state index in [1.54, 1.807) is 0 Å². The first-order chi connectivity index (χ1) is 12.4. The number of thiazole rings is 1. The molecule has 0 radical (unpaired) electrons. The van der Waals surface area contributed by atoms with Crippen molar-refractivity contribution in [3.63, 3.8) is 0 Å². The van der Waals surface area contributed by atoms with Gasteiger partial charge in [-0.1, -0.05) is 6.42 Å². The van der Waals surface area contributed by atoms with E-state index < -0.39 is 0 Å². The largest absolute Gasteiger partial charge is 0.378 e. The van der Waals surface area contributed by atoms with Crippen molar-refractivity contribution in [1.82, 2.24) is 19.7 Å². The standard InChI is InChI=1S/C18H27N5OS/c1-2-7-22(16(4-1)5-9-23-8-3-6-20-23)15-17-14-19-18(25-17)21-10-12-24-13-11-21/h3,6,8,14,16H,1-2,4-5,7,9-13,15H2. The average Bonchev–Trinajstić information content (AvgIpc) is 3.34. The maximum absolute atomic E-state index is 5.44. The van der Waals surface area contributed by atoms with E-state index in [2.05, 4.69) is 37.0 Å². The Morgan fingerprint density at radius 3 is 2.96 bits per heavy atom. The van der Waals surface area contributed by atoms with Crippen LogP contribution in [0, 0.1) is 0 Å². The number of hydrogen-bond donors (Lipinski definition) is 0. The number of aryl methyl sites for hydroxylation is 1. The zero-order valence-electron chi connectivity index (χ0n) is 14.7. The summed E-state index contributed by atoms with van der Waals surface area (Å²) in [6, 6.07) is 2.66. The molecule has 4 rings (SSSR count). The summed E-state index contributed by atoms with van der Waals surface area (Å²) in [6.07, 6.45) is 11.1. The predicted molar refractivity (Wildman–Crippen MR) is 100 cm³/mol. The summed E-state index contributed by atoms with van der Waals surface area (Å²) in [4.78, 5) is 11.1. The van der Waals surface area contributed by atoms with Gasteiger partial charge in [-0.15, -0.1) is 11.3 Å². The quantitative estimate of drug-likeness (QED) is 0.791. The van der Waals surface area contributed by atoms with Gasteiger partial charge < -0.3 is 9.64 Å². The van der Waals surface area contributed by atoms with Crippen LogP contribution in [0.5, 0.6) is 0 Å². The van der Waals surface area contributed by atoms with Crippen LogP contribution in [0.2, 0.25) is 0 Å². The average molecular weight is 362 g/mol. The maximum atomic E-state index is 5.44. The molecule has 0 amide bonds. The first-order valence-corrected chi connectivity index (χ1v) is 10.2. The second kappa shape index (κ2) is 8.29. The number of nitrogens with zero attached hydrogens (tertiary/aromatic N) is 5. The first-order valence-electron chi connectivity index (χ1n) is 9.37. The minimum atomic E-state index is 0.659. The highest BCUT2D eigenvalue weighted by atomic mass is 32.1. The molecular weight excluding hydrogens is 334 g/mol. The molecule has 2 aromatic rings. The fourth-order valence-corrected chi connectivity index (χ4v) is 4.77. The molecule has 136 valence electrons. The molecule has 0 N–H and O–H groups in total. The van der Waals surface area contributed by atoms with Gasteiger partial charge in [0.25, 0.3) is 0 Å². The van der Waals surface area contributed by atoms with Crippen LogP contribution in [0.4, 0.5) is 5.13 Å². The molecular formula is C18H27N5OS. The summed E-state index contributed by atoms with van der Waals surface area (Å²) in [5.41, 5.74) is 0. The summed E-state index contributed by atoms with van der Waals surface area (Å²) < 4.78 is 7.49. The van der Waals surface area contributed by atoms with Gasteiger partial charge in [-0.25, -0.2) is 4.98 Å². The van der Waals surface area contributed by atoms with Crippen LogP contribution in [0.25, 0.3) is 0 Å². The van der Waals surface area contributed by atoms with Crippen molar-refractivity contribution in [3.05, 3.63) is 29.5 Å². The van der Waals surface area contributed by atoms with E-state index in [-0.39, 0.29) is 0 Å². The lowest BCUT2D eigenvalue weighted by Crippen LogP contribution is -2.39. The Labute approximate surface area is 153 Å². The SMILES string of the molecule is c1cnn(CCC2CCCCN2Cc2cnc(N3CCOCC3)s2)c1. The molecule has 2 fully saturated rings. The lowest BCUT2D eigenvalue weighted by molar-refractivity contribution is 0.122. The Hall–Kier alpha value is -1.44. The number of anilines is 1. The summed E-state index contributed by atoms with van der Waals surface area (Å²) >= 11 is 1.85. The number of ether oxygens (including phenoxy) is 1. The zero-order chi connectivity index (χ0) is 16.9. The molecule has 25 heavy (non-hydrogen) atoms. The zero-order valence-corrected chi connectivity index (χ0v) is 15.5. The van der Waals surface area contributed by atoms with Crippen LogP contribution < -0.4 is 4.90 Å². The highest BCUT2D eigenvalue weighted by Crippen LogP contribution is 2.28. The van der Waals surface area contributed by atoms with Crippen LogP contribution >= 0.6 is 11.3 Å². The third kappa shape index (κ3) is 4.40. The molecule has 1 unspecified atom stereocenters. The van der Waals surface area contributed by atoms with Crippen molar-refractivity contribution in [2.45, 2.75) is 44.8 Å². The molecule has 2 aliphatic heterocycles. The van der Waals surface area contributed by atoms with Gasteiger partial charge in [0.2, 0.25) is 0 Å². The molecule has 0 bridgehead atoms. The van der Waals surface area contributed by atoms with Crippen molar-refractivity contribution in [3.8, 4) is 0 Å². The van der Waals surface area contributed by atoms with Crippen LogP contribution in [0.15, 0.2) is 24.7 Å². The molecule has 7 heteroatoms. The number of likely N-dealkylation sites (tertiary alicyclic amines) is 1. The third-order valence-electron chi connectivity index (χ3n) is 5.18. The lowest BCUT2D eigenvalue weighted by Gasteiger charge is -2.35. The number of morpholine rings is 1. The summed E-state index contributed by atoms with van der Waals surface area (Å²) in [7, 11) is 0. The van der Waals surface area contributed by atoms with Crippen molar-refractivity contribution in [2.75, 3.05) is 37.7 Å². The Morgan fingerprint density at radius 2 is 2.12 bits per heavy atom. The molecule has 0 saturated carbocycles. The van der Waals surface area contributed by atoms with Gasteiger partial charge in [0.15, 0.2) is 5.13 Å². The van der Waals surface area contributed by atoms with Gasteiger partial charge in [0.05, 0.1) is 13.2 Å². The van der Waals surface area contributed by atoms with E-state index in [1.807, 2.05) is 23.6 Å². The molecule has 6 nitrogen and oxygen atoms in total. The predicted octanol–water partition coefficient (Wildman–Crippen LogP) is 2.62. The Kier molecular flexibility index (Phi) is 5.64. The third-order valence-corrected chi connectivity index (χ3v) is 6.22. The van der Waals surface area contributed by atoms with Crippen LogP contribution in [0.1, 0.15) is 30.6 Å². The lowest BCUT2D eigenvalue weighted by atomic mass is 9.99. The van der Waals surface area contributed by atoms with Crippen molar-refractivity contribution in [1.29, 1.82) is 0 Å². The topological polar surface area (TPSA) is 46.4 Å². The molecule has 1 atom stereocenters. The number of piperidine rings is 1. The van der Waals surface area contributed by atoms with Gasteiger partial charge in [-0.3, -0.25) is 9.58 Å². The molecule has 0 spiro atoms. The molecule has 0 aromatic carbocycles. The van der Waals surface area contributed by atoms with Gasteiger partial charge in [-0.2, -0.15) is 5.10 Å². The summed E-state index contributed by atoms with van der Waals surface area (Å²) in [6.45, 7) is 6.80. The summed E-state index contributed by atoms with van der Waals surface area (Å²) in [5, 5.41) is 5.50. The molecule has 0 aliphatic carbocycles. The number of hydrogen-bond acceptors (Lipinski definition) is 6. The molecule has 2 aromatic heterocycles. The van der Waals surface area contributed by atoms with E-state index in [9.17, 15) is 0 Å². The summed E-state index contributed by atoms with van der Waals surface area (Å²) in [5.74, 6) is 0. The molecule has 4 heterocycles. The van der Waals surface area contributed by atoms with E-state index in [0.717, 1.165) is 44.5 Å². The minimum Gasteiger partial charge on any atom is -0.378 e. The monoisotopic (exact) mass is 361 g/mol. The second-order valence-corrected chi connectivity index (χ2v) is 7.98. The minimum absolute atomic E-state index is 0.659. The van der Waals surface area contributed by atoms with Gasteiger partial charge in [0, 0.05) is 55.7 Å². The van der Waals surface area contributed by atoms with Gasteiger partial charge in [-0.05, 0) is 31.9 Å².